The van der Waals surface area contributed by atoms with Crippen LogP contribution in [0, 0.1) is 0 Å². The van der Waals surface area contributed by atoms with E-state index < -0.39 is 0 Å². The Morgan fingerprint density at radius 2 is 2.23 bits per heavy atom. The van der Waals surface area contributed by atoms with Gasteiger partial charge in [-0.05, 0) is 19.1 Å². The standard InChI is InChI=1S/C10H17NO2/c1-3-8-5-6-10(13-8)9(11)7-12-4-2/h5-6,9H,3-4,7,11H2,1-2H3. The largest absolute Gasteiger partial charge is 0.464 e. The predicted octanol–water partition coefficient (Wildman–Crippen LogP) is 1.88. The third kappa shape index (κ3) is 2.86. The van der Waals surface area contributed by atoms with Crippen molar-refractivity contribution in [2.24, 2.45) is 5.73 Å². The Kier molecular flexibility index (Phi) is 3.99. The second kappa shape index (κ2) is 5.04. The van der Waals surface area contributed by atoms with E-state index in [1.807, 2.05) is 19.1 Å². The van der Waals surface area contributed by atoms with Gasteiger partial charge in [0.25, 0.3) is 0 Å². The molecule has 3 nitrogen and oxygen atoms in total. The second-order valence-corrected chi connectivity index (χ2v) is 2.92. The summed E-state index contributed by atoms with van der Waals surface area (Å²) in [6.45, 7) is 5.21. The zero-order valence-electron chi connectivity index (χ0n) is 8.25. The third-order valence-electron chi connectivity index (χ3n) is 1.90. The maximum Gasteiger partial charge on any atom is 0.123 e. The second-order valence-electron chi connectivity index (χ2n) is 2.92. The molecule has 0 fully saturated rings. The molecule has 0 saturated heterocycles. The van der Waals surface area contributed by atoms with Crippen molar-refractivity contribution in [1.82, 2.24) is 0 Å². The van der Waals surface area contributed by atoms with Gasteiger partial charge in [-0.2, -0.15) is 0 Å². The van der Waals surface area contributed by atoms with Gasteiger partial charge >= 0.3 is 0 Å². The first-order chi connectivity index (χ1) is 6.27. The molecule has 0 saturated carbocycles. The summed E-state index contributed by atoms with van der Waals surface area (Å²) in [4.78, 5) is 0. The Bertz CT molecular complexity index is 245. The monoisotopic (exact) mass is 183 g/mol. The van der Waals surface area contributed by atoms with Crippen LogP contribution in [0.4, 0.5) is 0 Å². The Balaban J connectivity index is 2.50. The molecule has 13 heavy (non-hydrogen) atoms. The van der Waals surface area contributed by atoms with Crippen LogP contribution in [0.5, 0.6) is 0 Å². The number of ether oxygens (including phenoxy) is 1. The van der Waals surface area contributed by atoms with Gasteiger partial charge in [-0.1, -0.05) is 6.92 Å². The van der Waals surface area contributed by atoms with E-state index in [4.69, 9.17) is 14.9 Å². The topological polar surface area (TPSA) is 48.4 Å². The number of rotatable bonds is 5. The Labute approximate surface area is 78.9 Å². The van der Waals surface area contributed by atoms with Crippen LogP contribution in [0.2, 0.25) is 0 Å². The average Bonchev–Trinajstić information content (AvgIpc) is 2.62. The summed E-state index contributed by atoms with van der Waals surface area (Å²) in [5, 5.41) is 0. The van der Waals surface area contributed by atoms with Crippen LogP contribution in [-0.4, -0.2) is 13.2 Å². The van der Waals surface area contributed by atoms with Gasteiger partial charge in [0.2, 0.25) is 0 Å². The van der Waals surface area contributed by atoms with Gasteiger partial charge in [0, 0.05) is 13.0 Å². The first-order valence-corrected chi connectivity index (χ1v) is 4.69. The summed E-state index contributed by atoms with van der Waals surface area (Å²) >= 11 is 0. The molecule has 1 atom stereocenters. The fourth-order valence-corrected chi connectivity index (χ4v) is 1.11. The van der Waals surface area contributed by atoms with Crippen LogP contribution in [0.1, 0.15) is 31.4 Å². The lowest BCUT2D eigenvalue weighted by atomic mass is 10.2. The molecule has 1 unspecified atom stereocenters. The van der Waals surface area contributed by atoms with Crippen molar-refractivity contribution in [1.29, 1.82) is 0 Å². The SMILES string of the molecule is CCOCC(N)c1ccc(CC)o1. The molecule has 0 aliphatic heterocycles. The molecule has 0 spiro atoms. The average molecular weight is 183 g/mol. The highest BCUT2D eigenvalue weighted by molar-refractivity contribution is 5.10. The first kappa shape index (κ1) is 10.3. The Morgan fingerprint density at radius 3 is 2.77 bits per heavy atom. The van der Waals surface area contributed by atoms with E-state index in [9.17, 15) is 0 Å². The lowest BCUT2D eigenvalue weighted by Crippen LogP contribution is -2.16. The lowest BCUT2D eigenvalue weighted by molar-refractivity contribution is 0.127. The highest BCUT2D eigenvalue weighted by Gasteiger charge is 2.09. The van der Waals surface area contributed by atoms with E-state index in [1.54, 1.807) is 0 Å². The van der Waals surface area contributed by atoms with E-state index in [0.29, 0.717) is 13.2 Å². The quantitative estimate of drug-likeness (QED) is 0.758. The molecule has 0 aromatic carbocycles. The van der Waals surface area contributed by atoms with Gasteiger partial charge in [0.1, 0.15) is 11.5 Å². The Hall–Kier alpha value is -0.800. The molecular formula is C10H17NO2. The molecule has 0 aliphatic carbocycles. The maximum atomic E-state index is 5.83. The van der Waals surface area contributed by atoms with Crippen LogP contribution < -0.4 is 5.73 Å². The van der Waals surface area contributed by atoms with Gasteiger partial charge in [-0.3, -0.25) is 0 Å². The van der Waals surface area contributed by atoms with Crippen molar-refractivity contribution in [2.45, 2.75) is 26.3 Å². The molecule has 1 aromatic rings. The number of hydrogen-bond acceptors (Lipinski definition) is 3. The Morgan fingerprint density at radius 1 is 1.46 bits per heavy atom. The summed E-state index contributed by atoms with van der Waals surface area (Å²) in [6, 6.07) is 3.74. The van der Waals surface area contributed by atoms with Gasteiger partial charge in [0.15, 0.2) is 0 Å². The van der Waals surface area contributed by atoms with Crippen molar-refractivity contribution in [3.8, 4) is 0 Å². The van der Waals surface area contributed by atoms with Crippen molar-refractivity contribution in [3.05, 3.63) is 23.7 Å². The lowest BCUT2D eigenvalue weighted by Gasteiger charge is -2.07. The molecule has 0 bridgehead atoms. The molecule has 1 aromatic heterocycles. The maximum absolute atomic E-state index is 5.83. The van der Waals surface area contributed by atoms with Gasteiger partial charge in [0.05, 0.1) is 12.6 Å². The number of nitrogens with two attached hydrogens (primary N) is 1. The summed E-state index contributed by atoms with van der Waals surface area (Å²) in [5.41, 5.74) is 5.83. The van der Waals surface area contributed by atoms with Gasteiger partial charge < -0.3 is 14.9 Å². The zero-order valence-corrected chi connectivity index (χ0v) is 8.25. The summed E-state index contributed by atoms with van der Waals surface area (Å²) in [5.74, 6) is 1.78. The number of furan rings is 1. The van der Waals surface area contributed by atoms with Crippen molar-refractivity contribution >= 4 is 0 Å². The molecule has 74 valence electrons. The van der Waals surface area contributed by atoms with Crippen LogP contribution in [0.25, 0.3) is 0 Å². The molecule has 1 rings (SSSR count). The van der Waals surface area contributed by atoms with E-state index >= 15 is 0 Å². The van der Waals surface area contributed by atoms with Crippen molar-refractivity contribution in [3.63, 3.8) is 0 Å². The first-order valence-electron chi connectivity index (χ1n) is 4.69. The van der Waals surface area contributed by atoms with E-state index in [1.165, 1.54) is 0 Å². The van der Waals surface area contributed by atoms with E-state index in [-0.39, 0.29) is 6.04 Å². The normalized spacial score (nSPS) is 13.2. The molecule has 3 heteroatoms. The zero-order chi connectivity index (χ0) is 9.68. The highest BCUT2D eigenvalue weighted by atomic mass is 16.5. The van der Waals surface area contributed by atoms with Crippen molar-refractivity contribution < 1.29 is 9.15 Å². The van der Waals surface area contributed by atoms with Gasteiger partial charge in [-0.25, -0.2) is 0 Å². The summed E-state index contributed by atoms with van der Waals surface area (Å²) in [6.07, 6.45) is 0.904. The van der Waals surface area contributed by atoms with Crippen LogP contribution in [0.15, 0.2) is 16.5 Å². The smallest absolute Gasteiger partial charge is 0.123 e. The fourth-order valence-electron chi connectivity index (χ4n) is 1.11. The molecular weight excluding hydrogens is 166 g/mol. The van der Waals surface area contributed by atoms with Crippen molar-refractivity contribution in [2.75, 3.05) is 13.2 Å². The molecule has 0 amide bonds. The minimum absolute atomic E-state index is 0.139. The number of hydrogen-bond donors (Lipinski definition) is 1. The van der Waals surface area contributed by atoms with Gasteiger partial charge in [-0.15, -0.1) is 0 Å². The summed E-state index contributed by atoms with van der Waals surface area (Å²) in [7, 11) is 0. The molecule has 0 aliphatic rings. The third-order valence-corrected chi connectivity index (χ3v) is 1.90. The van der Waals surface area contributed by atoms with E-state index in [2.05, 4.69) is 6.92 Å². The minimum Gasteiger partial charge on any atom is -0.464 e. The minimum atomic E-state index is -0.139. The van der Waals surface area contributed by atoms with Crippen LogP contribution in [-0.2, 0) is 11.2 Å². The number of aryl methyl sites for hydroxylation is 1. The van der Waals surface area contributed by atoms with E-state index in [0.717, 1.165) is 17.9 Å². The molecule has 1 heterocycles. The van der Waals surface area contributed by atoms with Crippen LogP contribution in [0.3, 0.4) is 0 Å². The molecule has 0 radical (unpaired) electrons. The van der Waals surface area contributed by atoms with Crippen LogP contribution >= 0.6 is 0 Å². The molecule has 2 N–H and O–H groups in total. The highest BCUT2D eigenvalue weighted by Crippen LogP contribution is 2.15. The predicted molar refractivity (Wildman–Crippen MR) is 51.5 cm³/mol. The fraction of sp³-hybridized carbons (Fsp3) is 0.600. The summed E-state index contributed by atoms with van der Waals surface area (Å²) < 4.78 is 10.7.